The van der Waals surface area contributed by atoms with E-state index in [0.717, 1.165) is 45.5 Å². The fourth-order valence-corrected chi connectivity index (χ4v) is 8.80. The number of nitro benzene ring substituents is 1. The Balaban J connectivity index is 1.39. The van der Waals surface area contributed by atoms with E-state index in [1.54, 1.807) is 24.3 Å². The SMILES string of the molecule is CC(=O)[C@@H](c1ccccc1[N+](=O)[O-])[C@H](/C=C(\C=C(/O)c1n(-c2c(C)cc(C)cc2C)nc2[n+]1[C@H]1c3ccccc3C[C@H]1OC2)c1ccccc1)c1ccccc1. The summed E-state index contributed by atoms with van der Waals surface area (Å²) in [7, 11) is 0. The molecule has 0 bridgehead atoms. The normalized spacial score (nSPS) is 17.4. The number of hydrogen-bond acceptors (Lipinski definition) is 6. The van der Waals surface area contributed by atoms with Gasteiger partial charge in [-0.15, -0.1) is 0 Å². The number of carbonyl (C=O) groups excluding carboxylic acids is 1. The minimum Gasteiger partial charge on any atom is -0.502 e. The Labute approximate surface area is 326 Å². The van der Waals surface area contributed by atoms with Crippen LogP contribution in [0.3, 0.4) is 0 Å². The number of aryl methyl sites for hydroxylation is 3. The lowest BCUT2D eigenvalue weighted by Gasteiger charge is -2.25. The van der Waals surface area contributed by atoms with Gasteiger partial charge in [0.15, 0.2) is 5.76 Å². The first-order valence-corrected chi connectivity index (χ1v) is 18.9. The van der Waals surface area contributed by atoms with Crippen LogP contribution >= 0.6 is 0 Å². The molecule has 2 aliphatic rings. The number of benzene rings is 5. The molecule has 0 unspecified atom stereocenters. The first kappa shape index (κ1) is 36.5. The Kier molecular flexibility index (Phi) is 9.78. The van der Waals surface area contributed by atoms with Gasteiger partial charge in [-0.05, 0) is 72.7 Å². The second kappa shape index (κ2) is 15.0. The molecule has 1 N–H and O–H groups in total. The van der Waals surface area contributed by atoms with Crippen LogP contribution in [-0.4, -0.2) is 31.7 Å². The van der Waals surface area contributed by atoms with Crippen LogP contribution in [0.5, 0.6) is 0 Å². The number of aromatic nitrogens is 3. The molecule has 9 heteroatoms. The Morgan fingerprint density at radius 2 is 1.57 bits per heavy atom. The van der Waals surface area contributed by atoms with E-state index in [-0.39, 0.29) is 36.0 Å². The summed E-state index contributed by atoms with van der Waals surface area (Å²) in [6, 6.07) is 38.0. The van der Waals surface area contributed by atoms with Crippen molar-refractivity contribution in [2.24, 2.45) is 0 Å². The van der Waals surface area contributed by atoms with Gasteiger partial charge in [0.05, 0.1) is 10.8 Å². The number of ether oxygens (including phenoxy) is 1. The van der Waals surface area contributed by atoms with E-state index in [9.17, 15) is 20.0 Å². The number of fused-ring (bicyclic) bond motifs is 5. The highest BCUT2D eigenvalue weighted by Gasteiger charge is 2.47. The molecule has 1 aliphatic heterocycles. The molecule has 56 heavy (non-hydrogen) atoms. The van der Waals surface area contributed by atoms with Crippen LogP contribution in [0.25, 0.3) is 17.0 Å². The Morgan fingerprint density at radius 3 is 2.27 bits per heavy atom. The molecule has 9 nitrogen and oxygen atoms in total. The highest BCUT2D eigenvalue weighted by molar-refractivity contribution is 5.88. The van der Waals surface area contributed by atoms with Gasteiger partial charge in [0.2, 0.25) is 0 Å². The third-order valence-electron chi connectivity index (χ3n) is 11.1. The molecular weight excluding hydrogens is 701 g/mol. The Bertz CT molecular complexity index is 2520. The van der Waals surface area contributed by atoms with Crippen LogP contribution in [0.2, 0.25) is 0 Å². The number of hydrogen-bond donors (Lipinski definition) is 1. The topological polar surface area (TPSA) is 111 Å². The fraction of sp³-hybridized carbons (Fsp3) is 0.213. The van der Waals surface area contributed by atoms with Crippen LogP contribution in [0.15, 0.2) is 133 Å². The summed E-state index contributed by atoms with van der Waals surface area (Å²) in [4.78, 5) is 25.7. The van der Waals surface area contributed by atoms with Crippen LogP contribution in [0, 0.1) is 30.9 Å². The smallest absolute Gasteiger partial charge is 0.309 e. The zero-order valence-corrected chi connectivity index (χ0v) is 31.8. The van der Waals surface area contributed by atoms with Crippen molar-refractivity contribution in [3.05, 3.63) is 200 Å². The van der Waals surface area contributed by atoms with E-state index < -0.39 is 16.8 Å². The van der Waals surface area contributed by atoms with Gasteiger partial charge in [-0.3, -0.25) is 14.9 Å². The zero-order chi connectivity index (χ0) is 39.1. The van der Waals surface area contributed by atoms with Gasteiger partial charge in [0.1, 0.15) is 30.2 Å². The fourth-order valence-electron chi connectivity index (χ4n) is 8.80. The molecule has 4 atom stereocenters. The molecule has 0 saturated carbocycles. The van der Waals surface area contributed by atoms with E-state index in [2.05, 4.69) is 49.6 Å². The molecule has 0 amide bonds. The maximum absolute atomic E-state index is 13.8. The van der Waals surface area contributed by atoms with Gasteiger partial charge < -0.3 is 9.84 Å². The van der Waals surface area contributed by atoms with Crippen molar-refractivity contribution in [1.29, 1.82) is 0 Å². The molecule has 1 aromatic heterocycles. The largest absolute Gasteiger partial charge is 0.502 e. The number of allylic oxidation sites excluding steroid dienone is 3. The highest BCUT2D eigenvalue weighted by Crippen LogP contribution is 2.42. The second-order valence-electron chi connectivity index (χ2n) is 14.8. The lowest BCUT2D eigenvalue weighted by molar-refractivity contribution is -0.741. The predicted molar refractivity (Wildman–Crippen MR) is 216 cm³/mol. The number of ketones is 1. The number of Topliss-reactive ketones (excluding diaryl/α,β-unsaturated/α-hetero) is 1. The first-order chi connectivity index (χ1) is 27.1. The molecule has 0 spiro atoms. The number of para-hydroxylation sites is 1. The average Bonchev–Trinajstić information content (AvgIpc) is 3.76. The molecule has 8 rings (SSSR count). The molecule has 280 valence electrons. The van der Waals surface area contributed by atoms with Gasteiger partial charge in [0, 0.05) is 29.1 Å². The predicted octanol–water partition coefficient (Wildman–Crippen LogP) is 9.18. The third-order valence-corrected chi connectivity index (χ3v) is 11.1. The monoisotopic (exact) mass is 743 g/mol. The molecule has 1 aliphatic carbocycles. The van der Waals surface area contributed by atoms with E-state index in [0.29, 0.717) is 22.8 Å². The quantitative estimate of drug-likeness (QED) is 0.0493. The number of aliphatic hydroxyl groups excluding tert-OH is 1. The van der Waals surface area contributed by atoms with Crippen LogP contribution in [-0.2, 0) is 22.6 Å². The Hall–Kier alpha value is -6.45. The van der Waals surface area contributed by atoms with Gasteiger partial charge in [0.25, 0.3) is 5.69 Å². The number of aliphatic hydroxyl groups is 1. The summed E-state index contributed by atoms with van der Waals surface area (Å²) in [6.07, 6.45) is 4.31. The molecule has 0 fully saturated rings. The minimum atomic E-state index is -0.897. The van der Waals surface area contributed by atoms with E-state index >= 15 is 0 Å². The lowest BCUT2D eigenvalue weighted by atomic mass is 9.77. The number of nitrogens with zero attached hydrogens (tertiary/aromatic N) is 4. The number of carbonyl (C=O) groups is 1. The van der Waals surface area contributed by atoms with E-state index in [4.69, 9.17) is 9.84 Å². The summed E-state index contributed by atoms with van der Waals surface area (Å²) in [5.74, 6) is -0.583. The van der Waals surface area contributed by atoms with Crippen molar-refractivity contribution in [2.75, 3.05) is 0 Å². The van der Waals surface area contributed by atoms with Crippen molar-refractivity contribution in [2.45, 2.75) is 64.7 Å². The first-order valence-electron chi connectivity index (χ1n) is 18.9. The van der Waals surface area contributed by atoms with E-state index in [1.807, 2.05) is 83.6 Å². The second-order valence-corrected chi connectivity index (χ2v) is 14.8. The molecule has 5 aromatic carbocycles. The standard InChI is InChI=1S/C47H42N4O5/c1-29-23-30(2)45(31(3)24-29)50-47(49-43(48-50)28-56-42-27-35-19-11-12-20-37(35)46(42)49)41(53)26-36(33-15-7-5-8-16-33)25-39(34-17-9-6-10-18-34)44(32(4)52)38-21-13-14-22-40(38)51(54)55/h5-26,39,42,44,46H,27-28H2,1-4H3/p+1/b36-25+,41-26-/t39-,42-,44+,46+/m1/s1. The highest BCUT2D eigenvalue weighted by atomic mass is 16.6. The van der Waals surface area contributed by atoms with Gasteiger partial charge >= 0.3 is 11.6 Å². The lowest BCUT2D eigenvalue weighted by Crippen LogP contribution is -2.53. The van der Waals surface area contributed by atoms with Gasteiger partial charge in [-0.2, -0.15) is 0 Å². The number of nitro groups is 1. The van der Waals surface area contributed by atoms with E-state index in [1.165, 1.54) is 18.6 Å². The maximum Gasteiger partial charge on any atom is 0.309 e. The van der Waals surface area contributed by atoms with Crippen LogP contribution in [0.4, 0.5) is 5.69 Å². The zero-order valence-electron chi connectivity index (χ0n) is 31.8. The van der Waals surface area contributed by atoms with Gasteiger partial charge in [-0.1, -0.05) is 132 Å². The molecule has 6 aromatic rings. The molecule has 0 saturated heterocycles. The maximum atomic E-state index is 13.8. The average molecular weight is 744 g/mol. The van der Waals surface area contributed by atoms with Crippen molar-refractivity contribution in [1.82, 2.24) is 9.78 Å². The van der Waals surface area contributed by atoms with Crippen molar-refractivity contribution in [3.63, 3.8) is 0 Å². The van der Waals surface area contributed by atoms with Crippen molar-refractivity contribution in [3.8, 4) is 5.69 Å². The molecule has 0 radical (unpaired) electrons. The van der Waals surface area contributed by atoms with Crippen LogP contribution < -0.4 is 4.57 Å². The summed E-state index contributed by atoms with van der Waals surface area (Å²) in [6.45, 7) is 7.93. The van der Waals surface area contributed by atoms with Crippen LogP contribution in [0.1, 0.15) is 81.0 Å². The van der Waals surface area contributed by atoms with Gasteiger partial charge in [-0.25, -0.2) is 4.57 Å². The summed E-state index contributed by atoms with van der Waals surface area (Å²) in [5, 5.41) is 30.2. The molecular formula is C47H43N4O5+. The Morgan fingerprint density at radius 1 is 0.929 bits per heavy atom. The molecule has 2 heterocycles. The van der Waals surface area contributed by atoms with Crippen molar-refractivity contribution >= 4 is 22.8 Å². The van der Waals surface area contributed by atoms with Crippen molar-refractivity contribution < 1.29 is 24.1 Å². The summed E-state index contributed by atoms with van der Waals surface area (Å²) >= 11 is 0. The number of rotatable bonds is 10. The summed E-state index contributed by atoms with van der Waals surface area (Å²) in [5.41, 5.74) is 8.80. The minimum absolute atomic E-state index is 0.0277. The third kappa shape index (κ3) is 6.64. The summed E-state index contributed by atoms with van der Waals surface area (Å²) < 4.78 is 10.4.